The minimum atomic E-state index is -3.67. The van der Waals surface area contributed by atoms with Gasteiger partial charge in [-0.05, 0) is 85.0 Å². The van der Waals surface area contributed by atoms with Crippen LogP contribution in [0.1, 0.15) is 85.4 Å². The Labute approximate surface area is 296 Å². The highest BCUT2D eigenvalue weighted by Crippen LogP contribution is 2.39. The van der Waals surface area contributed by atoms with Gasteiger partial charge in [0, 0.05) is 29.7 Å². The van der Waals surface area contributed by atoms with E-state index in [4.69, 9.17) is 10.1 Å². The predicted octanol–water partition coefficient (Wildman–Crippen LogP) is 7.21. The third-order valence-corrected chi connectivity index (χ3v) is 12.2. The van der Waals surface area contributed by atoms with Gasteiger partial charge in [0.05, 0.1) is 34.0 Å². The van der Waals surface area contributed by atoms with Crippen LogP contribution >= 0.6 is 0 Å². The van der Waals surface area contributed by atoms with Crippen LogP contribution in [0.3, 0.4) is 0 Å². The molecule has 1 unspecified atom stereocenters. The molecule has 0 radical (unpaired) electrons. The molecule has 2 N–H and O–H groups in total. The fourth-order valence-electron chi connectivity index (χ4n) is 7.37. The van der Waals surface area contributed by atoms with Gasteiger partial charge in [-0.3, -0.25) is 9.59 Å². The van der Waals surface area contributed by atoms with E-state index in [1.165, 1.54) is 22.9 Å². The van der Waals surface area contributed by atoms with Gasteiger partial charge >= 0.3 is 5.97 Å². The SMILES string of the molecule is C[C@H](Cc1cccc(C2(C)CCCC(C)(C)CS(=O)(=O)CCc3c(c(F)cc4[nH]ccc34)C(=O)c3ccc(F)c(c3)-c3nc2nn3C)c1)C(=O)O. The zero-order valence-electron chi connectivity index (χ0n) is 29.4. The molecule has 3 heterocycles. The fourth-order valence-corrected chi connectivity index (χ4v) is 9.36. The van der Waals surface area contributed by atoms with Gasteiger partial charge in [0.2, 0.25) is 0 Å². The number of hydrogen-bond acceptors (Lipinski definition) is 6. The van der Waals surface area contributed by atoms with Crippen molar-refractivity contribution in [2.45, 2.75) is 65.2 Å². The first-order valence-corrected chi connectivity index (χ1v) is 18.9. The predicted molar refractivity (Wildman–Crippen MR) is 191 cm³/mol. The summed E-state index contributed by atoms with van der Waals surface area (Å²) >= 11 is 0. The van der Waals surface area contributed by atoms with Gasteiger partial charge in [-0.25, -0.2) is 26.9 Å². The number of H-pyrrole nitrogens is 1. The number of halogens is 2. The van der Waals surface area contributed by atoms with Gasteiger partial charge in [-0.1, -0.05) is 51.5 Å². The molecule has 0 saturated heterocycles. The molecule has 6 rings (SSSR count). The van der Waals surface area contributed by atoms with Crippen LogP contribution in [0.15, 0.2) is 60.8 Å². The van der Waals surface area contributed by atoms with Crippen molar-refractivity contribution in [3.63, 3.8) is 0 Å². The van der Waals surface area contributed by atoms with E-state index in [1.54, 1.807) is 26.2 Å². The average molecular weight is 717 g/mol. The molecule has 9 nitrogen and oxygen atoms in total. The first-order chi connectivity index (χ1) is 24.0. The summed E-state index contributed by atoms with van der Waals surface area (Å²) in [7, 11) is -2.03. The van der Waals surface area contributed by atoms with E-state index < -0.39 is 50.0 Å². The molecule has 1 aliphatic rings. The number of hydrogen-bond donors (Lipinski definition) is 2. The molecule has 3 aromatic carbocycles. The second-order valence-electron chi connectivity index (χ2n) is 14.9. The summed E-state index contributed by atoms with van der Waals surface area (Å²) in [5.74, 6) is -3.50. The smallest absolute Gasteiger partial charge is 0.306 e. The average Bonchev–Trinajstić information content (AvgIpc) is 3.69. The van der Waals surface area contributed by atoms with Crippen LogP contribution in [0.5, 0.6) is 0 Å². The maximum atomic E-state index is 15.8. The zero-order chi connectivity index (χ0) is 36.9. The molecule has 0 amide bonds. The maximum Gasteiger partial charge on any atom is 0.306 e. The van der Waals surface area contributed by atoms with Crippen molar-refractivity contribution in [3.8, 4) is 11.4 Å². The van der Waals surface area contributed by atoms with Crippen molar-refractivity contribution in [2.24, 2.45) is 18.4 Å². The number of ketones is 1. The molecule has 51 heavy (non-hydrogen) atoms. The molecule has 4 bridgehead atoms. The van der Waals surface area contributed by atoms with E-state index >= 15 is 8.78 Å². The number of aryl methyl sites for hydroxylation is 2. The Morgan fingerprint density at radius 1 is 1.06 bits per heavy atom. The summed E-state index contributed by atoms with van der Waals surface area (Å²) < 4.78 is 60.3. The molecule has 0 saturated carbocycles. The van der Waals surface area contributed by atoms with E-state index in [-0.39, 0.29) is 46.0 Å². The zero-order valence-corrected chi connectivity index (χ0v) is 30.2. The standard InChI is InChI=1S/C39H42F2N4O5S/c1-23(36(47)48)18-24-8-6-9-26(19-24)39(4)15-7-14-38(2,3)22-51(49,50)17-13-28-27-12-16-42-32(27)21-31(41)33(28)34(46)25-10-11-30(40)29(20-25)35-43-37(39)44-45(35)5/h6,8-12,16,19-21,23,42H,7,13-15,17-18,22H2,1-5H3,(H,47,48)/t23-,39?/m1/s1. The Morgan fingerprint density at radius 3 is 2.57 bits per heavy atom. The molecule has 0 aliphatic carbocycles. The lowest BCUT2D eigenvalue weighted by Gasteiger charge is -2.31. The van der Waals surface area contributed by atoms with Crippen molar-refractivity contribution in [3.05, 3.63) is 106 Å². The maximum absolute atomic E-state index is 15.8. The molecule has 2 atom stereocenters. The number of carbonyl (C=O) groups is 2. The molecule has 0 fully saturated rings. The summed E-state index contributed by atoms with van der Waals surface area (Å²) in [6, 6.07) is 14.3. The second-order valence-corrected chi connectivity index (χ2v) is 17.1. The lowest BCUT2D eigenvalue weighted by molar-refractivity contribution is -0.141. The molecule has 2 aromatic heterocycles. The van der Waals surface area contributed by atoms with Gasteiger partial charge < -0.3 is 10.1 Å². The fraction of sp³-hybridized carbons (Fsp3) is 0.385. The highest BCUT2D eigenvalue weighted by Gasteiger charge is 2.36. The number of nitrogens with one attached hydrogen (secondary N) is 1. The molecular formula is C39H42F2N4O5S. The number of sulfone groups is 1. The van der Waals surface area contributed by atoms with Crippen molar-refractivity contribution < 1.29 is 31.9 Å². The van der Waals surface area contributed by atoms with E-state index in [9.17, 15) is 23.1 Å². The number of nitrogens with zero attached hydrogens (tertiary/aromatic N) is 3. The van der Waals surface area contributed by atoms with Gasteiger partial charge in [0.15, 0.2) is 27.3 Å². The summed E-state index contributed by atoms with van der Waals surface area (Å²) in [5.41, 5.74) is 0.677. The van der Waals surface area contributed by atoms with E-state index in [1.807, 2.05) is 45.0 Å². The minimum absolute atomic E-state index is 0.00277. The van der Waals surface area contributed by atoms with Crippen molar-refractivity contribution in [1.29, 1.82) is 0 Å². The summed E-state index contributed by atoms with van der Waals surface area (Å²) in [4.78, 5) is 33.6. The Hall–Kier alpha value is -4.71. The van der Waals surface area contributed by atoms with Crippen molar-refractivity contribution >= 4 is 32.5 Å². The Bertz CT molecular complexity index is 2280. The number of aromatic amines is 1. The van der Waals surface area contributed by atoms with Crippen molar-refractivity contribution in [2.75, 3.05) is 11.5 Å². The topological polar surface area (TPSA) is 135 Å². The first kappa shape index (κ1) is 36.1. The van der Waals surface area contributed by atoms with Crippen LogP contribution in [-0.4, -0.2) is 56.5 Å². The van der Waals surface area contributed by atoms with Gasteiger partial charge in [-0.15, -0.1) is 0 Å². The minimum Gasteiger partial charge on any atom is -0.481 e. The molecule has 12 heteroatoms. The largest absolute Gasteiger partial charge is 0.481 e. The number of aromatic nitrogens is 4. The van der Waals surface area contributed by atoms with Crippen LogP contribution in [0.4, 0.5) is 8.78 Å². The number of benzene rings is 3. The summed E-state index contributed by atoms with van der Waals surface area (Å²) in [6.45, 7) is 7.44. The van der Waals surface area contributed by atoms with Crippen LogP contribution < -0.4 is 0 Å². The first-order valence-electron chi connectivity index (χ1n) is 17.1. The lowest BCUT2D eigenvalue weighted by Crippen LogP contribution is -2.29. The highest BCUT2D eigenvalue weighted by molar-refractivity contribution is 7.91. The second kappa shape index (κ2) is 13.4. The molecular weight excluding hydrogens is 675 g/mol. The number of carboxylic acid groups (broad SMARTS) is 1. The number of fused-ring (bicyclic) bond motifs is 8. The Morgan fingerprint density at radius 2 is 1.82 bits per heavy atom. The number of rotatable bonds is 4. The Kier molecular flexibility index (Phi) is 9.51. The van der Waals surface area contributed by atoms with Gasteiger partial charge in [0.1, 0.15) is 11.6 Å². The third kappa shape index (κ3) is 7.24. The highest BCUT2D eigenvalue weighted by atomic mass is 32.2. The number of carboxylic acids is 1. The quantitative estimate of drug-likeness (QED) is 0.201. The molecule has 1 aliphatic heterocycles. The summed E-state index contributed by atoms with van der Waals surface area (Å²) in [6.07, 6.45) is 3.49. The van der Waals surface area contributed by atoms with Crippen LogP contribution in [0, 0.1) is 23.0 Å². The monoisotopic (exact) mass is 716 g/mol. The molecule has 0 spiro atoms. The van der Waals surface area contributed by atoms with E-state index in [2.05, 4.69) is 4.98 Å². The van der Waals surface area contributed by atoms with Crippen LogP contribution in [0.2, 0.25) is 0 Å². The van der Waals surface area contributed by atoms with Gasteiger partial charge in [0.25, 0.3) is 0 Å². The molecule has 5 aromatic rings. The van der Waals surface area contributed by atoms with Crippen molar-refractivity contribution in [1.82, 2.24) is 19.7 Å². The number of carbonyl (C=O) groups excluding carboxylic acids is 1. The lowest BCUT2D eigenvalue weighted by atomic mass is 9.75. The Balaban J connectivity index is 1.53. The number of aliphatic carboxylic acids is 1. The van der Waals surface area contributed by atoms with Crippen LogP contribution in [0.25, 0.3) is 22.3 Å². The third-order valence-electron chi connectivity index (χ3n) is 10.2. The van der Waals surface area contributed by atoms with E-state index in [0.717, 1.165) is 17.2 Å². The molecule has 268 valence electrons. The van der Waals surface area contributed by atoms with Gasteiger partial charge in [-0.2, -0.15) is 5.10 Å². The van der Waals surface area contributed by atoms with Crippen LogP contribution in [-0.2, 0) is 39.9 Å². The van der Waals surface area contributed by atoms with E-state index in [0.29, 0.717) is 42.4 Å². The normalized spacial score (nSPS) is 19.9. The summed E-state index contributed by atoms with van der Waals surface area (Å²) in [5, 5.41) is 14.9.